The van der Waals surface area contributed by atoms with Crippen molar-refractivity contribution in [3.05, 3.63) is 58.6 Å². The van der Waals surface area contributed by atoms with Crippen LogP contribution in [0.2, 0.25) is 5.02 Å². The highest BCUT2D eigenvalue weighted by Crippen LogP contribution is 2.30. The van der Waals surface area contributed by atoms with E-state index in [2.05, 4.69) is 15.3 Å². The number of hydrogen-bond acceptors (Lipinski definition) is 5. The summed E-state index contributed by atoms with van der Waals surface area (Å²) in [6.07, 6.45) is 1.40. The number of fused-ring (bicyclic) bond motifs is 1. The zero-order chi connectivity index (χ0) is 17.3. The van der Waals surface area contributed by atoms with E-state index in [1.165, 1.54) is 31.5 Å². The molecule has 122 valence electrons. The molecule has 3 aromatic rings. The summed E-state index contributed by atoms with van der Waals surface area (Å²) in [7, 11) is 1.29. The largest absolute Gasteiger partial charge is 0.465 e. The first-order chi connectivity index (χ1) is 11.5. The molecule has 0 atom stereocenters. The van der Waals surface area contributed by atoms with Crippen molar-refractivity contribution in [1.29, 1.82) is 0 Å². The van der Waals surface area contributed by atoms with E-state index in [0.29, 0.717) is 22.4 Å². The summed E-state index contributed by atoms with van der Waals surface area (Å²) in [5, 5.41) is 3.71. The summed E-state index contributed by atoms with van der Waals surface area (Å²) in [6.45, 7) is 1.85. The van der Waals surface area contributed by atoms with Gasteiger partial charge in [0.05, 0.1) is 17.8 Å². The van der Waals surface area contributed by atoms with Crippen molar-refractivity contribution in [2.45, 2.75) is 6.92 Å². The average molecular weight is 346 g/mol. The van der Waals surface area contributed by atoms with Crippen molar-refractivity contribution >= 4 is 40.0 Å². The van der Waals surface area contributed by atoms with Crippen molar-refractivity contribution in [2.24, 2.45) is 0 Å². The first-order valence-electron chi connectivity index (χ1n) is 7.06. The molecule has 0 saturated carbocycles. The maximum absolute atomic E-state index is 13.3. The number of methoxy groups -OCH3 is 1. The fraction of sp³-hybridized carbons (Fsp3) is 0.118. The normalized spacial score (nSPS) is 10.7. The number of carbonyl (C=O) groups excluding carboxylic acids is 1. The van der Waals surface area contributed by atoms with Gasteiger partial charge in [-0.2, -0.15) is 0 Å². The molecule has 3 rings (SSSR count). The Hall–Kier alpha value is -2.73. The Balaban J connectivity index is 2.18. The molecule has 1 N–H and O–H groups in total. The molecule has 0 aliphatic heterocycles. The van der Waals surface area contributed by atoms with Crippen LogP contribution < -0.4 is 5.32 Å². The molecule has 0 amide bonds. The number of nitrogens with zero attached hydrogens (tertiary/aromatic N) is 2. The van der Waals surface area contributed by atoms with E-state index in [1.807, 2.05) is 19.1 Å². The molecule has 1 aromatic carbocycles. The van der Waals surface area contributed by atoms with E-state index in [-0.39, 0.29) is 10.6 Å². The zero-order valence-corrected chi connectivity index (χ0v) is 13.7. The molecule has 0 fully saturated rings. The van der Waals surface area contributed by atoms with Gasteiger partial charge in [0.25, 0.3) is 0 Å². The third kappa shape index (κ3) is 3.00. The molecule has 5 nitrogen and oxygen atoms in total. The van der Waals surface area contributed by atoms with Gasteiger partial charge < -0.3 is 10.1 Å². The molecule has 0 saturated heterocycles. The monoisotopic (exact) mass is 345 g/mol. The van der Waals surface area contributed by atoms with Crippen LogP contribution >= 0.6 is 11.6 Å². The molecule has 2 heterocycles. The zero-order valence-electron chi connectivity index (χ0n) is 12.9. The maximum atomic E-state index is 13.3. The minimum absolute atomic E-state index is 0.0213. The summed E-state index contributed by atoms with van der Waals surface area (Å²) < 4.78 is 18.1. The smallest absolute Gasteiger partial charge is 0.341 e. The van der Waals surface area contributed by atoms with Gasteiger partial charge in [0.15, 0.2) is 5.65 Å². The van der Waals surface area contributed by atoms with Gasteiger partial charge in [-0.3, -0.25) is 0 Å². The summed E-state index contributed by atoms with van der Waals surface area (Å²) >= 11 is 5.82. The molecule has 2 aromatic heterocycles. The summed E-state index contributed by atoms with van der Waals surface area (Å²) in [5.74, 6) is -1.06. The molecule has 0 spiro atoms. The third-order valence-corrected chi connectivity index (χ3v) is 3.75. The van der Waals surface area contributed by atoms with Crippen molar-refractivity contribution in [3.63, 3.8) is 0 Å². The standard InChI is InChI=1S/C17H13ClFN3O2/c1-9-3-5-11-15(22-10-4-6-14(19)13(18)7-10)12(17(23)24-2)8-20-16(11)21-9/h3-8H,1-2H3,(H,20,21,22). The summed E-state index contributed by atoms with van der Waals surface area (Å²) in [4.78, 5) is 20.6. The third-order valence-electron chi connectivity index (χ3n) is 3.46. The predicted molar refractivity (Wildman–Crippen MR) is 90.3 cm³/mol. The lowest BCUT2D eigenvalue weighted by Crippen LogP contribution is -2.08. The lowest BCUT2D eigenvalue weighted by atomic mass is 10.1. The van der Waals surface area contributed by atoms with Gasteiger partial charge in [0.2, 0.25) is 0 Å². The second-order valence-electron chi connectivity index (χ2n) is 5.12. The number of carbonyl (C=O) groups is 1. The number of benzene rings is 1. The quantitative estimate of drug-likeness (QED) is 0.718. The fourth-order valence-electron chi connectivity index (χ4n) is 2.29. The summed E-state index contributed by atoms with van der Waals surface area (Å²) in [6, 6.07) is 7.83. The minimum Gasteiger partial charge on any atom is -0.465 e. The van der Waals surface area contributed by atoms with Crippen LogP contribution in [0.4, 0.5) is 15.8 Å². The van der Waals surface area contributed by atoms with E-state index in [1.54, 1.807) is 0 Å². The molecular formula is C17H13ClFN3O2. The highest BCUT2D eigenvalue weighted by molar-refractivity contribution is 6.31. The minimum atomic E-state index is -0.541. The number of aromatic nitrogens is 2. The number of anilines is 2. The average Bonchev–Trinajstić information content (AvgIpc) is 2.57. The number of rotatable bonds is 3. The van der Waals surface area contributed by atoms with Crippen LogP contribution in [0.5, 0.6) is 0 Å². The predicted octanol–water partition coefficient (Wildman–Crippen LogP) is 4.26. The Labute approximate surface area is 142 Å². The van der Waals surface area contributed by atoms with Gasteiger partial charge in [0.1, 0.15) is 11.4 Å². The first kappa shape index (κ1) is 16.1. The molecular weight excluding hydrogens is 333 g/mol. The van der Waals surface area contributed by atoms with Crippen LogP contribution in [0.3, 0.4) is 0 Å². The van der Waals surface area contributed by atoms with Crippen LogP contribution in [0.25, 0.3) is 11.0 Å². The molecule has 0 unspecified atom stereocenters. The number of aryl methyl sites for hydroxylation is 1. The first-order valence-corrected chi connectivity index (χ1v) is 7.44. The Morgan fingerprint density at radius 2 is 2.08 bits per heavy atom. The molecule has 0 radical (unpaired) electrons. The van der Waals surface area contributed by atoms with Crippen molar-refractivity contribution in [2.75, 3.05) is 12.4 Å². The SMILES string of the molecule is COC(=O)c1cnc2nc(C)ccc2c1Nc1ccc(F)c(Cl)c1. The van der Waals surface area contributed by atoms with Gasteiger partial charge in [-0.1, -0.05) is 11.6 Å². The van der Waals surface area contributed by atoms with Crippen LogP contribution in [0.15, 0.2) is 36.5 Å². The van der Waals surface area contributed by atoms with E-state index in [4.69, 9.17) is 16.3 Å². The van der Waals surface area contributed by atoms with Crippen LogP contribution in [0, 0.1) is 12.7 Å². The highest BCUT2D eigenvalue weighted by atomic mass is 35.5. The Morgan fingerprint density at radius 1 is 1.29 bits per heavy atom. The number of ether oxygens (including phenoxy) is 1. The van der Waals surface area contributed by atoms with E-state index in [9.17, 15) is 9.18 Å². The van der Waals surface area contributed by atoms with Gasteiger partial charge in [-0.15, -0.1) is 0 Å². The van der Waals surface area contributed by atoms with Gasteiger partial charge in [0, 0.05) is 23.0 Å². The molecule has 24 heavy (non-hydrogen) atoms. The van der Waals surface area contributed by atoms with Gasteiger partial charge in [-0.05, 0) is 37.3 Å². The van der Waals surface area contributed by atoms with E-state index >= 15 is 0 Å². The Morgan fingerprint density at radius 3 is 2.79 bits per heavy atom. The second-order valence-corrected chi connectivity index (χ2v) is 5.52. The molecule has 0 bridgehead atoms. The topological polar surface area (TPSA) is 64.1 Å². The fourth-order valence-corrected chi connectivity index (χ4v) is 2.47. The second kappa shape index (κ2) is 6.41. The van der Waals surface area contributed by atoms with Gasteiger partial charge in [-0.25, -0.2) is 19.2 Å². The molecule has 0 aliphatic carbocycles. The van der Waals surface area contributed by atoms with E-state index < -0.39 is 11.8 Å². The number of esters is 1. The molecule has 7 heteroatoms. The van der Waals surface area contributed by atoms with Crippen molar-refractivity contribution in [1.82, 2.24) is 9.97 Å². The van der Waals surface area contributed by atoms with E-state index in [0.717, 1.165) is 5.69 Å². The van der Waals surface area contributed by atoms with Crippen molar-refractivity contribution < 1.29 is 13.9 Å². The van der Waals surface area contributed by atoms with Crippen molar-refractivity contribution in [3.8, 4) is 0 Å². The Bertz CT molecular complexity index is 947. The van der Waals surface area contributed by atoms with Crippen LogP contribution in [-0.4, -0.2) is 23.0 Å². The van der Waals surface area contributed by atoms with Gasteiger partial charge >= 0.3 is 5.97 Å². The Kier molecular flexibility index (Phi) is 4.31. The number of halogens is 2. The molecule has 0 aliphatic rings. The maximum Gasteiger partial charge on any atom is 0.341 e. The highest BCUT2D eigenvalue weighted by Gasteiger charge is 2.17. The van der Waals surface area contributed by atoms with Crippen LogP contribution in [-0.2, 0) is 4.74 Å². The number of pyridine rings is 2. The number of hydrogen-bond donors (Lipinski definition) is 1. The number of nitrogens with one attached hydrogen (secondary N) is 1. The lowest BCUT2D eigenvalue weighted by Gasteiger charge is -2.14. The summed E-state index contributed by atoms with van der Waals surface area (Å²) in [5.41, 5.74) is 2.53. The van der Waals surface area contributed by atoms with Crippen LogP contribution in [0.1, 0.15) is 16.1 Å². The lowest BCUT2D eigenvalue weighted by molar-refractivity contribution is 0.0601.